The molecule has 2 atom stereocenters. The highest BCUT2D eigenvalue weighted by molar-refractivity contribution is 8.14. The molecule has 0 amide bonds. The molecule has 1 rings (SSSR count). The minimum Gasteiger partial charge on any atom is -0.465 e. The number of rotatable bonds is 5. The molecule has 4 heteroatoms. The minimum atomic E-state index is -0.303. The van der Waals surface area contributed by atoms with E-state index in [9.17, 15) is 9.59 Å². The summed E-state index contributed by atoms with van der Waals surface area (Å²) >= 11 is 1.09. The second-order valence-corrected chi connectivity index (χ2v) is 5.77. The van der Waals surface area contributed by atoms with Crippen LogP contribution in [0.25, 0.3) is 0 Å². The third kappa shape index (κ3) is 4.84. The van der Waals surface area contributed by atoms with Crippen molar-refractivity contribution in [3.63, 3.8) is 0 Å². The van der Waals surface area contributed by atoms with E-state index in [1.165, 1.54) is 5.57 Å². The minimum absolute atomic E-state index is 0.0220. The zero-order valence-corrected chi connectivity index (χ0v) is 12.2. The molecule has 0 aromatic rings. The van der Waals surface area contributed by atoms with Crippen molar-refractivity contribution in [2.45, 2.75) is 40.0 Å². The molecular formula is C14H22O3S. The van der Waals surface area contributed by atoms with Gasteiger partial charge in [-0.05, 0) is 39.0 Å². The zero-order valence-electron chi connectivity index (χ0n) is 11.4. The van der Waals surface area contributed by atoms with Crippen LogP contribution in [-0.4, -0.2) is 23.4 Å². The highest BCUT2D eigenvalue weighted by Crippen LogP contribution is 2.31. The monoisotopic (exact) mass is 270 g/mol. The van der Waals surface area contributed by atoms with Crippen molar-refractivity contribution >= 4 is 22.8 Å². The number of carbonyl (C=O) groups is 2. The van der Waals surface area contributed by atoms with Gasteiger partial charge < -0.3 is 4.74 Å². The maximum atomic E-state index is 12.0. The zero-order chi connectivity index (χ0) is 13.5. The maximum Gasteiger partial charge on any atom is 0.316 e. The average molecular weight is 270 g/mol. The van der Waals surface area contributed by atoms with Crippen molar-refractivity contribution < 1.29 is 14.3 Å². The van der Waals surface area contributed by atoms with Crippen LogP contribution in [0.1, 0.15) is 40.0 Å². The third-order valence-electron chi connectivity index (χ3n) is 3.40. The lowest BCUT2D eigenvalue weighted by Gasteiger charge is -2.25. The number of hydrogen-bond donors (Lipinski definition) is 0. The van der Waals surface area contributed by atoms with E-state index in [-0.39, 0.29) is 22.8 Å². The molecular weight excluding hydrogens is 248 g/mol. The van der Waals surface area contributed by atoms with Crippen LogP contribution in [0.15, 0.2) is 11.6 Å². The van der Waals surface area contributed by atoms with Gasteiger partial charge in [-0.25, -0.2) is 0 Å². The van der Waals surface area contributed by atoms with Crippen molar-refractivity contribution in [2.24, 2.45) is 11.8 Å². The number of thioether (sulfide) groups is 1. The second-order valence-electron chi connectivity index (χ2n) is 4.79. The third-order valence-corrected chi connectivity index (χ3v) is 4.43. The van der Waals surface area contributed by atoms with E-state index in [1.54, 1.807) is 6.92 Å². The lowest BCUT2D eigenvalue weighted by Crippen LogP contribution is -2.21. The van der Waals surface area contributed by atoms with Crippen molar-refractivity contribution in [1.29, 1.82) is 0 Å². The van der Waals surface area contributed by atoms with Crippen LogP contribution < -0.4 is 0 Å². The van der Waals surface area contributed by atoms with Crippen LogP contribution in [-0.2, 0) is 14.3 Å². The molecule has 0 N–H and O–H groups in total. The fourth-order valence-electron chi connectivity index (χ4n) is 2.10. The van der Waals surface area contributed by atoms with Gasteiger partial charge in [-0.15, -0.1) is 0 Å². The lowest BCUT2D eigenvalue weighted by molar-refractivity contribution is -0.140. The SMILES string of the molecule is CCOC(=O)CSC(=O)C(C)C1CC=C(C)CC1. The van der Waals surface area contributed by atoms with Crippen molar-refractivity contribution in [3.8, 4) is 0 Å². The summed E-state index contributed by atoms with van der Waals surface area (Å²) in [6.07, 6.45) is 5.38. The van der Waals surface area contributed by atoms with Crippen LogP contribution >= 0.6 is 11.8 Å². The van der Waals surface area contributed by atoms with Crippen molar-refractivity contribution in [3.05, 3.63) is 11.6 Å². The molecule has 0 aromatic carbocycles. The molecule has 0 radical (unpaired) electrons. The van der Waals surface area contributed by atoms with E-state index in [4.69, 9.17) is 4.74 Å². The van der Waals surface area contributed by atoms with E-state index >= 15 is 0 Å². The molecule has 1 aliphatic rings. The number of carbonyl (C=O) groups excluding carboxylic acids is 2. The van der Waals surface area contributed by atoms with Crippen molar-refractivity contribution in [2.75, 3.05) is 12.4 Å². The summed E-state index contributed by atoms with van der Waals surface area (Å²) in [4.78, 5) is 23.2. The van der Waals surface area contributed by atoms with Gasteiger partial charge in [0.2, 0.25) is 0 Å². The summed E-state index contributed by atoms with van der Waals surface area (Å²) in [5.74, 6) is 0.283. The molecule has 0 saturated carbocycles. The first-order chi connectivity index (χ1) is 8.54. The molecule has 0 heterocycles. The van der Waals surface area contributed by atoms with E-state index in [0.717, 1.165) is 31.0 Å². The van der Waals surface area contributed by atoms with Gasteiger partial charge in [-0.2, -0.15) is 0 Å². The average Bonchev–Trinajstić information content (AvgIpc) is 2.36. The Morgan fingerprint density at radius 1 is 1.56 bits per heavy atom. The Labute approximate surface area is 113 Å². The molecule has 0 spiro atoms. The van der Waals surface area contributed by atoms with Crippen LogP contribution in [0.2, 0.25) is 0 Å². The van der Waals surface area contributed by atoms with Crippen molar-refractivity contribution in [1.82, 2.24) is 0 Å². The van der Waals surface area contributed by atoms with Gasteiger partial charge in [0.15, 0.2) is 5.12 Å². The molecule has 0 aromatic heterocycles. The summed E-state index contributed by atoms with van der Waals surface area (Å²) < 4.78 is 4.81. The van der Waals surface area contributed by atoms with Gasteiger partial charge in [0.1, 0.15) is 0 Å². The summed E-state index contributed by atoms with van der Waals surface area (Å²) in [5.41, 5.74) is 1.42. The summed E-state index contributed by atoms with van der Waals surface area (Å²) in [6.45, 7) is 6.25. The van der Waals surface area contributed by atoms with Crippen LogP contribution in [0, 0.1) is 11.8 Å². The Balaban J connectivity index is 2.35. The summed E-state index contributed by atoms with van der Waals surface area (Å²) in [6, 6.07) is 0. The smallest absolute Gasteiger partial charge is 0.316 e. The normalized spacial score (nSPS) is 21.1. The number of ether oxygens (including phenoxy) is 1. The Bertz CT molecular complexity index is 336. The quantitative estimate of drug-likeness (QED) is 0.568. The molecule has 18 heavy (non-hydrogen) atoms. The first-order valence-corrected chi connectivity index (χ1v) is 7.51. The van der Waals surface area contributed by atoms with Crippen LogP contribution in [0.3, 0.4) is 0 Å². The fraction of sp³-hybridized carbons (Fsp3) is 0.714. The molecule has 0 saturated heterocycles. The standard InChI is InChI=1S/C14H22O3S/c1-4-17-13(15)9-18-14(16)11(3)12-7-5-10(2)6-8-12/h5,11-12H,4,6-9H2,1-3H3. The summed E-state index contributed by atoms with van der Waals surface area (Å²) in [7, 11) is 0. The van der Waals surface area contributed by atoms with E-state index in [0.29, 0.717) is 12.5 Å². The number of allylic oxidation sites excluding steroid dienone is 2. The second kappa shape index (κ2) is 7.62. The van der Waals surface area contributed by atoms with Gasteiger partial charge in [0.25, 0.3) is 0 Å². The highest BCUT2D eigenvalue weighted by atomic mass is 32.2. The number of hydrogen-bond acceptors (Lipinski definition) is 4. The molecule has 1 aliphatic carbocycles. The van der Waals surface area contributed by atoms with E-state index in [1.807, 2.05) is 6.92 Å². The molecule has 102 valence electrons. The van der Waals surface area contributed by atoms with Gasteiger partial charge in [-0.3, -0.25) is 9.59 Å². The van der Waals surface area contributed by atoms with E-state index in [2.05, 4.69) is 13.0 Å². The Kier molecular flexibility index (Phi) is 6.47. The molecule has 2 unspecified atom stereocenters. The molecule has 0 bridgehead atoms. The Morgan fingerprint density at radius 2 is 2.28 bits per heavy atom. The Morgan fingerprint density at radius 3 is 2.83 bits per heavy atom. The van der Waals surface area contributed by atoms with Crippen LogP contribution in [0.4, 0.5) is 0 Å². The largest absolute Gasteiger partial charge is 0.465 e. The van der Waals surface area contributed by atoms with Gasteiger partial charge in [0, 0.05) is 5.92 Å². The molecule has 0 aliphatic heterocycles. The first kappa shape index (κ1) is 15.3. The first-order valence-electron chi connectivity index (χ1n) is 6.52. The topological polar surface area (TPSA) is 43.4 Å². The van der Waals surface area contributed by atoms with Gasteiger partial charge >= 0.3 is 5.97 Å². The van der Waals surface area contributed by atoms with E-state index < -0.39 is 0 Å². The Hall–Kier alpha value is -0.770. The maximum absolute atomic E-state index is 12.0. The summed E-state index contributed by atoms with van der Waals surface area (Å²) in [5, 5.41) is 0.112. The van der Waals surface area contributed by atoms with Gasteiger partial charge in [0.05, 0.1) is 12.4 Å². The molecule has 0 fully saturated rings. The molecule has 3 nitrogen and oxygen atoms in total. The lowest BCUT2D eigenvalue weighted by atomic mass is 9.82. The predicted molar refractivity (Wildman–Crippen MR) is 74.4 cm³/mol. The van der Waals surface area contributed by atoms with Crippen LogP contribution in [0.5, 0.6) is 0 Å². The fourth-order valence-corrected chi connectivity index (χ4v) is 2.90. The number of esters is 1. The predicted octanol–water partition coefficient (Wildman–Crippen LogP) is 3.19. The highest BCUT2D eigenvalue weighted by Gasteiger charge is 2.25. The van der Waals surface area contributed by atoms with Gasteiger partial charge in [-0.1, -0.05) is 30.3 Å².